The number of aliphatic hydroxyl groups is 1. The van der Waals surface area contributed by atoms with Crippen LogP contribution in [0.5, 0.6) is 0 Å². The quantitative estimate of drug-likeness (QED) is 0.921. The molecule has 2 heterocycles. The molecule has 3 rings (SSSR count). The van der Waals surface area contributed by atoms with Crippen molar-refractivity contribution in [2.45, 2.75) is 50.8 Å². The van der Waals surface area contributed by atoms with Gasteiger partial charge in [0.1, 0.15) is 6.61 Å². The highest BCUT2D eigenvalue weighted by molar-refractivity contribution is 5.67. The molecule has 1 amide bonds. The third kappa shape index (κ3) is 4.28. The number of aliphatic hydroxyl groups excluding tert-OH is 1. The summed E-state index contributed by atoms with van der Waals surface area (Å²) in [5.74, 6) is 0. The first kappa shape index (κ1) is 17.2. The zero-order valence-corrected chi connectivity index (χ0v) is 14.3. The Morgan fingerprint density at radius 2 is 1.83 bits per heavy atom. The molecule has 0 aromatic heterocycles. The SMILES string of the molecule is O=C(OCc1ccccc1)N1CCC(N2CCCCC2CO)CC1. The Morgan fingerprint density at radius 3 is 2.54 bits per heavy atom. The van der Waals surface area contributed by atoms with Gasteiger partial charge in [-0.3, -0.25) is 4.90 Å². The van der Waals surface area contributed by atoms with E-state index in [2.05, 4.69) is 4.90 Å². The van der Waals surface area contributed by atoms with Crippen LogP contribution in [-0.4, -0.2) is 59.3 Å². The molecule has 1 aromatic rings. The molecule has 0 bridgehead atoms. The molecule has 5 heteroatoms. The standard InChI is InChI=1S/C19H28N2O3/c22-14-18-8-4-5-11-21(18)17-9-12-20(13-10-17)19(23)24-15-16-6-2-1-3-7-16/h1-3,6-7,17-18,22H,4-5,8-15H2. The molecule has 0 aliphatic carbocycles. The Kier molecular flexibility index (Phi) is 6.10. The van der Waals surface area contributed by atoms with E-state index in [0.717, 1.165) is 44.5 Å². The lowest BCUT2D eigenvalue weighted by atomic mass is 9.95. The van der Waals surface area contributed by atoms with Gasteiger partial charge in [-0.05, 0) is 37.8 Å². The van der Waals surface area contributed by atoms with Crippen LogP contribution in [0.15, 0.2) is 30.3 Å². The van der Waals surface area contributed by atoms with Gasteiger partial charge in [0.25, 0.3) is 0 Å². The third-order valence-corrected chi connectivity index (χ3v) is 5.28. The number of carbonyl (C=O) groups is 1. The number of hydrogen-bond donors (Lipinski definition) is 1. The highest BCUT2D eigenvalue weighted by Crippen LogP contribution is 2.25. The summed E-state index contributed by atoms with van der Waals surface area (Å²) in [4.78, 5) is 16.5. The maximum Gasteiger partial charge on any atom is 0.410 e. The Morgan fingerprint density at radius 1 is 1.08 bits per heavy atom. The highest BCUT2D eigenvalue weighted by atomic mass is 16.6. The molecule has 5 nitrogen and oxygen atoms in total. The van der Waals surface area contributed by atoms with E-state index in [1.54, 1.807) is 0 Å². The number of amides is 1. The topological polar surface area (TPSA) is 53.0 Å². The molecule has 2 aliphatic rings. The minimum atomic E-state index is -0.213. The van der Waals surface area contributed by atoms with Gasteiger partial charge in [0.05, 0.1) is 6.61 Å². The average molecular weight is 332 g/mol. The van der Waals surface area contributed by atoms with Crippen LogP contribution in [0.1, 0.15) is 37.7 Å². The van der Waals surface area contributed by atoms with Crippen molar-refractivity contribution in [3.8, 4) is 0 Å². The molecule has 1 aromatic carbocycles. The van der Waals surface area contributed by atoms with Crippen LogP contribution in [0, 0.1) is 0 Å². The lowest BCUT2D eigenvalue weighted by Gasteiger charge is -2.43. The Hall–Kier alpha value is -1.59. The van der Waals surface area contributed by atoms with Gasteiger partial charge < -0.3 is 14.7 Å². The molecule has 0 spiro atoms. The molecular formula is C19H28N2O3. The van der Waals surface area contributed by atoms with Crippen molar-refractivity contribution >= 4 is 6.09 Å². The summed E-state index contributed by atoms with van der Waals surface area (Å²) in [6.45, 7) is 3.14. The summed E-state index contributed by atoms with van der Waals surface area (Å²) in [6, 6.07) is 10.6. The van der Waals surface area contributed by atoms with Gasteiger partial charge in [-0.1, -0.05) is 36.8 Å². The van der Waals surface area contributed by atoms with E-state index >= 15 is 0 Å². The molecule has 2 aliphatic heterocycles. The summed E-state index contributed by atoms with van der Waals surface area (Å²) in [5, 5.41) is 9.58. The fraction of sp³-hybridized carbons (Fsp3) is 0.632. The highest BCUT2D eigenvalue weighted by Gasteiger charge is 2.32. The first-order valence-electron chi connectivity index (χ1n) is 9.10. The zero-order chi connectivity index (χ0) is 16.8. The largest absolute Gasteiger partial charge is 0.445 e. The predicted octanol–water partition coefficient (Wildman–Crippen LogP) is 2.63. The van der Waals surface area contributed by atoms with Crippen LogP contribution >= 0.6 is 0 Å². The normalized spacial score (nSPS) is 23.2. The number of nitrogens with zero attached hydrogens (tertiary/aromatic N) is 2. The molecule has 1 N–H and O–H groups in total. The van der Waals surface area contributed by atoms with Gasteiger partial charge in [0.2, 0.25) is 0 Å². The van der Waals surface area contributed by atoms with Gasteiger partial charge in [0.15, 0.2) is 0 Å². The van der Waals surface area contributed by atoms with Gasteiger partial charge in [0, 0.05) is 25.2 Å². The van der Waals surface area contributed by atoms with Gasteiger partial charge in [-0.25, -0.2) is 4.79 Å². The van der Waals surface area contributed by atoms with Crippen LogP contribution in [0.3, 0.4) is 0 Å². The van der Waals surface area contributed by atoms with Crippen LogP contribution in [0.25, 0.3) is 0 Å². The second-order valence-electron chi connectivity index (χ2n) is 6.83. The van der Waals surface area contributed by atoms with Crippen LogP contribution < -0.4 is 0 Å². The molecular weight excluding hydrogens is 304 g/mol. The van der Waals surface area contributed by atoms with E-state index in [9.17, 15) is 9.90 Å². The molecule has 0 saturated carbocycles. The van der Waals surface area contributed by atoms with Gasteiger partial charge >= 0.3 is 6.09 Å². The third-order valence-electron chi connectivity index (χ3n) is 5.28. The average Bonchev–Trinajstić information content (AvgIpc) is 2.67. The smallest absolute Gasteiger partial charge is 0.410 e. The van der Waals surface area contributed by atoms with Crippen LogP contribution in [0.4, 0.5) is 4.79 Å². The summed E-state index contributed by atoms with van der Waals surface area (Å²) >= 11 is 0. The van der Waals surface area contributed by atoms with Crippen LogP contribution in [-0.2, 0) is 11.3 Å². The van der Waals surface area contributed by atoms with E-state index in [1.165, 1.54) is 12.8 Å². The second-order valence-corrected chi connectivity index (χ2v) is 6.83. The first-order valence-corrected chi connectivity index (χ1v) is 9.10. The lowest BCUT2D eigenvalue weighted by molar-refractivity contribution is 0.0204. The van der Waals surface area contributed by atoms with E-state index in [0.29, 0.717) is 18.7 Å². The number of hydrogen-bond acceptors (Lipinski definition) is 4. The maximum atomic E-state index is 12.2. The van der Waals surface area contributed by atoms with Crippen molar-refractivity contribution in [1.29, 1.82) is 0 Å². The summed E-state index contributed by atoms with van der Waals surface area (Å²) in [5.41, 5.74) is 1.01. The molecule has 24 heavy (non-hydrogen) atoms. The van der Waals surface area contributed by atoms with E-state index in [4.69, 9.17) is 4.74 Å². The van der Waals surface area contributed by atoms with Crippen molar-refractivity contribution in [2.75, 3.05) is 26.2 Å². The first-order chi connectivity index (χ1) is 11.8. The van der Waals surface area contributed by atoms with Crippen molar-refractivity contribution in [2.24, 2.45) is 0 Å². The summed E-state index contributed by atoms with van der Waals surface area (Å²) < 4.78 is 5.42. The van der Waals surface area contributed by atoms with E-state index < -0.39 is 0 Å². The zero-order valence-electron chi connectivity index (χ0n) is 14.3. The molecule has 1 unspecified atom stereocenters. The minimum Gasteiger partial charge on any atom is -0.445 e. The molecule has 1 atom stereocenters. The van der Waals surface area contributed by atoms with E-state index in [-0.39, 0.29) is 12.7 Å². The number of likely N-dealkylation sites (tertiary alicyclic amines) is 2. The van der Waals surface area contributed by atoms with Gasteiger partial charge in [-0.2, -0.15) is 0 Å². The van der Waals surface area contributed by atoms with Crippen molar-refractivity contribution in [1.82, 2.24) is 9.80 Å². The molecule has 2 saturated heterocycles. The van der Waals surface area contributed by atoms with Crippen molar-refractivity contribution in [3.05, 3.63) is 35.9 Å². The number of benzene rings is 1. The second kappa shape index (κ2) is 8.49. The number of rotatable bonds is 4. The molecule has 132 valence electrons. The number of ether oxygens (including phenoxy) is 1. The Bertz CT molecular complexity index is 515. The predicted molar refractivity (Wildman–Crippen MR) is 92.7 cm³/mol. The lowest BCUT2D eigenvalue weighted by Crippen LogP contribution is -2.52. The molecule has 0 radical (unpaired) electrons. The Labute approximate surface area is 144 Å². The minimum absolute atomic E-state index is 0.213. The summed E-state index contributed by atoms with van der Waals surface area (Å²) in [7, 11) is 0. The van der Waals surface area contributed by atoms with Crippen LogP contribution in [0.2, 0.25) is 0 Å². The summed E-state index contributed by atoms with van der Waals surface area (Å²) in [6.07, 6.45) is 5.25. The number of carbonyl (C=O) groups excluding carboxylic acids is 1. The van der Waals surface area contributed by atoms with Crippen molar-refractivity contribution in [3.63, 3.8) is 0 Å². The van der Waals surface area contributed by atoms with Crippen molar-refractivity contribution < 1.29 is 14.6 Å². The Balaban J connectivity index is 1.45. The fourth-order valence-corrected chi connectivity index (χ4v) is 3.89. The molecule has 2 fully saturated rings. The van der Waals surface area contributed by atoms with Gasteiger partial charge in [-0.15, -0.1) is 0 Å². The monoisotopic (exact) mass is 332 g/mol. The number of piperidine rings is 2. The fourth-order valence-electron chi connectivity index (χ4n) is 3.89. The van der Waals surface area contributed by atoms with E-state index in [1.807, 2.05) is 35.2 Å². The maximum absolute atomic E-state index is 12.2.